The molecule has 6 aliphatic heterocycles. The summed E-state index contributed by atoms with van der Waals surface area (Å²) in [6.07, 6.45) is 2.69. The summed E-state index contributed by atoms with van der Waals surface area (Å²) in [6.45, 7) is 6.25. The maximum atomic E-state index is 13.9. The van der Waals surface area contributed by atoms with Crippen molar-refractivity contribution in [2.24, 2.45) is 23.7 Å². The van der Waals surface area contributed by atoms with Crippen molar-refractivity contribution < 1.29 is 58.7 Å². The number of hydrogen-bond acceptors (Lipinski definition) is 12. The van der Waals surface area contributed by atoms with Crippen LogP contribution in [0.4, 0.5) is 0 Å². The first kappa shape index (κ1) is 39.2. The molecule has 0 aromatic rings. The molecule has 52 heavy (non-hydrogen) atoms. The van der Waals surface area contributed by atoms with Crippen LogP contribution in [0.15, 0.2) is 12.2 Å². The number of ketones is 1. The number of ether oxygens (including phenoxy) is 6. The zero-order chi connectivity index (χ0) is 36.7. The first-order valence-corrected chi connectivity index (χ1v) is 20.3. The van der Waals surface area contributed by atoms with E-state index in [0.29, 0.717) is 32.1 Å². The van der Waals surface area contributed by atoms with Gasteiger partial charge in [-0.25, -0.2) is 0 Å². The van der Waals surface area contributed by atoms with Crippen LogP contribution in [0.5, 0.6) is 0 Å². The van der Waals surface area contributed by atoms with E-state index in [2.05, 4.69) is 13.5 Å². The molecule has 0 aromatic heterocycles. The van der Waals surface area contributed by atoms with Crippen molar-refractivity contribution in [3.05, 3.63) is 12.2 Å². The molecule has 12 heteroatoms. The van der Waals surface area contributed by atoms with Gasteiger partial charge < -0.3 is 54.0 Å². The van der Waals surface area contributed by atoms with Crippen molar-refractivity contribution in [1.29, 1.82) is 0 Å². The fourth-order valence-electron chi connectivity index (χ4n) is 10.9. The topological polar surface area (TPSA) is 174 Å². The van der Waals surface area contributed by atoms with Crippen LogP contribution in [0.2, 0.25) is 0 Å². The normalized spacial score (nSPS) is 49.8. The van der Waals surface area contributed by atoms with Gasteiger partial charge in [-0.05, 0) is 81.6 Å². The molecule has 1 saturated carbocycles. The zero-order valence-electron chi connectivity index (χ0n) is 31.1. The zero-order valence-corrected chi connectivity index (χ0v) is 31.1. The number of rotatable bonds is 4. The summed E-state index contributed by atoms with van der Waals surface area (Å²) in [7, 11) is 1.61. The molecule has 1 unspecified atom stereocenters. The highest BCUT2D eigenvalue weighted by molar-refractivity contribution is 5.79. The molecule has 0 radical (unpaired) electrons. The van der Waals surface area contributed by atoms with Crippen LogP contribution in [-0.2, 0) is 33.2 Å². The number of Topliss-reactive ketones (excluding diaryl/α,β-unsaturated/α-hetero) is 1. The molecular formula is C40H64O12. The molecule has 5 N–H and O–H groups in total. The van der Waals surface area contributed by atoms with E-state index < -0.39 is 54.9 Å². The minimum atomic E-state index is -0.960. The first-order valence-electron chi connectivity index (χ1n) is 20.3. The highest BCUT2D eigenvalue weighted by Gasteiger charge is 2.56. The minimum absolute atomic E-state index is 0.0441. The van der Waals surface area contributed by atoms with Crippen LogP contribution in [0.25, 0.3) is 0 Å². The van der Waals surface area contributed by atoms with Crippen molar-refractivity contribution in [2.45, 2.75) is 195 Å². The molecule has 6 heterocycles. The lowest BCUT2D eigenvalue weighted by Gasteiger charge is -2.46. The molecule has 0 aromatic carbocycles. The quantitative estimate of drug-likeness (QED) is 0.268. The van der Waals surface area contributed by atoms with E-state index in [0.717, 1.165) is 50.5 Å². The van der Waals surface area contributed by atoms with Gasteiger partial charge in [0.2, 0.25) is 0 Å². The number of hydrogen-bond donors (Lipinski definition) is 5. The van der Waals surface area contributed by atoms with Crippen LogP contribution >= 0.6 is 0 Å². The third-order valence-corrected chi connectivity index (χ3v) is 13.8. The minimum Gasteiger partial charge on any atom is -0.394 e. The molecule has 12 nitrogen and oxygen atoms in total. The maximum absolute atomic E-state index is 13.9. The van der Waals surface area contributed by atoms with Gasteiger partial charge in [-0.3, -0.25) is 4.79 Å². The SMILES string of the molecule is C=C1[C@H](C)C[C@@H]2CC[C@H]3CC[C@H](CCC(O)C[C@H]4O[C@H]5[C@@H](O)[C@H]6C[C@H](CC[C@@H]6O[C@H]5[C@H]4O)CC(=O)C[C@@H]4[C@@H](OC)[C@@H](C[C@H](O)CO)O[C@H]4C[C@H]1O2)O3. The molecule has 8 bridgehead atoms. The van der Waals surface area contributed by atoms with Crippen molar-refractivity contribution in [1.82, 2.24) is 0 Å². The average Bonchev–Trinajstić information content (AvgIpc) is 3.80. The number of aliphatic hydroxyl groups excluding tert-OH is 5. The van der Waals surface area contributed by atoms with Gasteiger partial charge in [-0.1, -0.05) is 13.5 Å². The first-order chi connectivity index (χ1) is 25.0. The van der Waals surface area contributed by atoms with Crippen LogP contribution in [0, 0.1) is 23.7 Å². The summed E-state index contributed by atoms with van der Waals surface area (Å²) in [5.74, 6) is -0.0440. The van der Waals surface area contributed by atoms with Crippen LogP contribution in [-0.4, -0.2) is 137 Å². The Balaban J connectivity index is 1.10. The molecule has 0 spiro atoms. The predicted molar refractivity (Wildman–Crippen MR) is 188 cm³/mol. The fourth-order valence-corrected chi connectivity index (χ4v) is 10.9. The predicted octanol–water partition coefficient (Wildman–Crippen LogP) is 2.76. The Morgan fingerprint density at radius 2 is 1.44 bits per heavy atom. The third-order valence-electron chi connectivity index (χ3n) is 13.8. The van der Waals surface area contributed by atoms with Crippen LogP contribution in [0.1, 0.15) is 103 Å². The monoisotopic (exact) mass is 736 g/mol. The molecule has 7 fully saturated rings. The highest BCUT2D eigenvalue weighted by Crippen LogP contribution is 2.46. The second-order valence-electron chi connectivity index (χ2n) is 17.4. The number of fused-ring (bicyclic) bond motifs is 7. The largest absolute Gasteiger partial charge is 0.394 e. The number of carbonyl (C=O) groups is 1. The number of aliphatic hydroxyl groups is 5. The fraction of sp³-hybridized carbons (Fsp3) is 0.925. The summed E-state index contributed by atoms with van der Waals surface area (Å²) < 4.78 is 38.4. The van der Waals surface area contributed by atoms with Crippen molar-refractivity contribution >= 4 is 5.78 Å². The Labute approximate surface area is 308 Å². The van der Waals surface area contributed by atoms with Crippen molar-refractivity contribution in [2.75, 3.05) is 13.7 Å². The van der Waals surface area contributed by atoms with E-state index >= 15 is 0 Å². The summed E-state index contributed by atoms with van der Waals surface area (Å²) >= 11 is 0. The van der Waals surface area contributed by atoms with Gasteiger partial charge >= 0.3 is 0 Å². The molecule has 296 valence electrons. The summed E-state index contributed by atoms with van der Waals surface area (Å²) in [6, 6.07) is 0. The Morgan fingerprint density at radius 1 is 0.750 bits per heavy atom. The smallest absolute Gasteiger partial charge is 0.133 e. The van der Waals surface area contributed by atoms with Crippen molar-refractivity contribution in [3.63, 3.8) is 0 Å². The van der Waals surface area contributed by atoms with Crippen LogP contribution < -0.4 is 0 Å². The lowest BCUT2D eigenvalue weighted by atomic mass is 9.71. The van der Waals surface area contributed by atoms with E-state index in [1.165, 1.54) is 0 Å². The maximum Gasteiger partial charge on any atom is 0.133 e. The number of carbonyl (C=O) groups excluding carboxylic acids is 1. The average molecular weight is 737 g/mol. The summed E-state index contributed by atoms with van der Waals surface area (Å²) in [5.41, 5.74) is 1.03. The van der Waals surface area contributed by atoms with E-state index in [1.807, 2.05) is 0 Å². The van der Waals surface area contributed by atoms with Gasteiger partial charge in [0.25, 0.3) is 0 Å². The van der Waals surface area contributed by atoms with E-state index in [9.17, 15) is 30.3 Å². The van der Waals surface area contributed by atoms with Gasteiger partial charge in [-0.2, -0.15) is 0 Å². The van der Waals surface area contributed by atoms with Gasteiger partial charge in [-0.15, -0.1) is 0 Å². The Morgan fingerprint density at radius 3 is 2.17 bits per heavy atom. The lowest BCUT2D eigenvalue weighted by Crippen LogP contribution is -2.56. The van der Waals surface area contributed by atoms with Crippen molar-refractivity contribution in [3.8, 4) is 0 Å². The van der Waals surface area contributed by atoms with E-state index in [-0.39, 0.29) is 91.9 Å². The van der Waals surface area contributed by atoms with Gasteiger partial charge in [0.15, 0.2) is 0 Å². The molecule has 19 atom stereocenters. The molecule has 6 saturated heterocycles. The van der Waals surface area contributed by atoms with E-state index in [4.69, 9.17) is 28.4 Å². The van der Waals surface area contributed by atoms with E-state index in [1.54, 1.807) is 7.11 Å². The Kier molecular flexibility index (Phi) is 12.8. The summed E-state index contributed by atoms with van der Waals surface area (Å²) in [5, 5.41) is 53.8. The molecular weight excluding hydrogens is 672 g/mol. The second-order valence-corrected chi connectivity index (χ2v) is 17.4. The second kappa shape index (κ2) is 17.0. The summed E-state index contributed by atoms with van der Waals surface area (Å²) in [4.78, 5) is 13.9. The van der Waals surface area contributed by atoms with Gasteiger partial charge in [0.1, 0.15) is 24.1 Å². The standard InChI is InChI=1S/C40H64O12/c1-20-12-28-10-9-27-8-7-26(48-27)6-5-23(42)16-34-37(46)40-39(52-34)36(45)29-14-22(4-11-31(29)51-40)13-24(43)15-30-33(18-32(49-28)21(20)2)50-35(38(30)47-3)17-25(44)19-41/h20,22-23,25-42,44-46H,2,4-19H2,1,3H3/t20-,22-,23?,25+,26+,27-,28+,29+,30+,31+,32-,33+,34-,35-,36+,37+,38-,39+,40+/m1/s1. The molecule has 1 aliphatic carbocycles. The third kappa shape index (κ3) is 8.53. The van der Waals surface area contributed by atoms with Gasteiger partial charge in [0, 0.05) is 51.0 Å². The molecule has 7 aliphatic rings. The molecule has 0 amide bonds. The number of methoxy groups -OCH3 is 1. The van der Waals surface area contributed by atoms with Gasteiger partial charge in [0.05, 0.1) is 79.9 Å². The highest BCUT2D eigenvalue weighted by atomic mass is 16.6. The molecule has 7 rings (SSSR count). The Hall–Kier alpha value is -1.03. The Bertz CT molecular complexity index is 1220. The lowest BCUT2D eigenvalue weighted by molar-refractivity contribution is -0.208. The van der Waals surface area contributed by atoms with Crippen LogP contribution in [0.3, 0.4) is 0 Å².